The van der Waals surface area contributed by atoms with Crippen molar-refractivity contribution in [2.45, 2.75) is 31.2 Å². The first-order valence-corrected chi connectivity index (χ1v) is 5.00. The van der Waals surface area contributed by atoms with Crippen molar-refractivity contribution >= 4 is 11.8 Å². The van der Waals surface area contributed by atoms with Crippen molar-refractivity contribution in [2.24, 2.45) is 0 Å². The van der Waals surface area contributed by atoms with Crippen LogP contribution in [0.3, 0.4) is 0 Å². The second-order valence-electron chi connectivity index (χ2n) is 3.57. The molecule has 0 unspecified atom stereocenters. The average molecular weight is 183 g/mol. The van der Waals surface area contributed by atoms with E-state index in [-0.39, 0.29) is 5.41 Å². The van der Waals surface area contributed by atoms with Crippen molar-refractivity contribution < 1.29 is 0 Å². The molecule has 4 heteroatoms. The van der Waals surface area contributed by atoms with Crippen molar-refractivity contribution in [3.05, 3.63) is 12.0 Å². The maximum Gasteiger partial charge on any atom is 0.157 e. The third kappa shape index (κ3) is 2.17. The molecule has 0 radical (unpaired) electrons. The molecule has 66 valence electrons. The van der Waals surface area contributed by atoms with Gasteiger partial charge < -0.3 is 0 Å². The lowest BCUT2D eigenvalue weighted by atomic mass is 9.96. The van der Waals surface area contributed by atoms with Crippen molar-refractivity contribution in [1.29, 1.82) is 0 Å². The summed E-state index contributed by atoms with van der Waals surface area (Å²) in [5.41, 5.74) is -0.0151. The maximum atomic E-state index is 4.35. The van der Waals surface area contributed by atoms with Gasteiger partial charge in [0.1, 0.15) is 5.03 Å². The summed E-state index contributed by atoms with van der Waals surface area (Å²) >= 11 is 1.59. The Kier molecular flexibility index (Phi) is 2.67. The molecular formula is C8H13N3S. The molecule has 0 aliphatic heterocycles. The molecule has 0 bridgehead atoms. The lowest BCUT2D eigenvalue weighted by Gasteiger charge is -2.15. The molecule has 0 saturated carbocycles. The van der Waals surface area contributed by atoms with E-state index in [0.717, 1.165) is 10.9 Å². The number of rotatable bonds is 1. The van der Waals surface area contributed by atoms with Gasteiger partial charge in [0, 0.05) is 5.41 Å². The minimum absolute atomic E-state index is 0.0151. The molecule has 0 aliphatic carbocycles. The monoisotopic (exact) mass is 183 g/mol. The highest BCUT2D eigenvalue weighted by atomic mass is 32.2. The highest BCUT2D eigenvalue weighted by Crippen LogP contribution is 2.19. The van der Waals surface area contributed by atoms with Crippen LogP contribution < -0.4 is 0 Å². The molecule has 1 aromatic rings. The maximum absolute atomic E-state index is 4.35. The zero-order valence-electron chi connectivity index (χ0n) is 7.83. The van der Waals surface area contributed by atoms with Gasteiger partial charge in [-0.1, -0.05) is 20.8 Å². The fourth-order valence-electron chi connectivity index (χ4n) is 0.705. The molecule has 1 aromatic heterocycles. The molecule has 0 aliphatic rings. The Bertz CT molecular complexity index is 267. The Hall–Kier alpha value is -0.640. The van der Waals surface area contributed by atoms with Crippen molar-refractivity contribution in [2.75, 3.05) is 6.26 Å². The molecule has 0 atom stereocenters. The molecule has 0 saturated heterocycles. The normalized spacial score (nSPS) is 11.7. The second kappa shape index (κ2) is 3.39. The summed E-state index contributed by atoms with van der Waals surface area (Å²) in [7, 11) is 0. The largest absolute Gasteiger partial charge is 0.222 e. The highest BCUT2D eigenvalue weighted by Gasteiger charge is 2.17. The summed E-state index contributed by atoms with van der Waals surface area (Å²) in [6.45, 7) is 6.23. The number of aromatic nitrogens is 3. The topological polar surface area (TPSA) is 38.7 Å². The van der Waals surface area contributed by atoms with Gasteiger partial charge in [0.2, 0.25) is 0 Å². The minimum atomic E-state index is -0.0151. The molecular weight excluding hydrogens is 170 g/mol. The Labute approximate surface area is 77.0 Å². The molecule has 0 aromatic carbocycles. The van der Waals surface area contributed by atoms with Crippen molar-refractivity contribution in [1.82, 2.24) is 15.2 Å². The SMILES string of the molecule is CSc1cnnc(C(C)(C)C)n1. The fourth-order valence-corrected chi connectivity index (χ4v) is 1.03. The lowest BCUT2D eigenvalue weighted by molar-refractivity contribution is 0.525. The van der Waals surface area contributed by atoms with Gasteiger partial charge in [-0.15, -0.1) is 16.9 Å². The summed E-state index contributed by atoms with van der Waals surface area (Å²) < 4.78 is 0. The predicted molar refractivity (Wildman–Crippen MR) is 50.3 cm³/mol. The lowest BCUT2D eigenvalue weighted by Crippen LogP contribution is -2.16. The van der Waals surface area contributed by atoms with Crippen LogP contribution in [0.25, 0.3) is 0 Å². The number of hydrogen-bond acceptors (Lipinski definition) is 4. The van der Waals surface area contributed by atoms with Crippen LogP contribution in [0.1, 0.15) is 26.6 Å². The van der Waals surface area contributed by atoms with Crippen molar-refractivity contribution in [3.63, 3.8) is 0 Å². The molecule has 12 heavy (non-hydrogen) atoms. The van der Waals surface area contributed by atoms with E-state index < -0.39 is 0 Å². The molecule has 1 rings (SSSR count). The van der Waals surface area contributed by atoms with Crippen LogP contribution in [0, 0.1) is 0 Å². The van der Waals surface area contributed by atoms with E-state index in [1.807, 2.05) is 6.26 Å². The first-order chi connectivity index (χ1) is 5.54. The Balaban J connectivity index is 3.02. The van der Waals surface area contributed by atoms with E-state index in [1.165, 1.54) is 0 Å². The van der Waals surface area contributed by atoms with Gasteiger partial charge in [0.25, 0.3) is 0 Å². The molecule has 0 spiro atoms. The summed E-state index contributed by atoms with van der Waals surface area (Å²) in [5, 5.41) is 8.80. The van der Waals surface area contributed by atoms with Crippen LogP contribution in [0.15, 0.2) is 11.2 Å². The van der Waals surface area contributed by atoms with Crippen molar-refractivity contribution in [3.8, 4) is 0 Å². The molecule has 0 N–H and O–H groups in total. The summed E-state index contributed by atoms with van der Waals surface area (Å²) in [5.74, 6) is 0.800. The standard InChI is InChI=1S/C8H13N3S/c1-8(2,3)7-10-6(12-4)5-9-11-7/h5H,1-4H3. The van der Waals surface area contributed by atoms with Crippen LogP contribution in [0.2, 0.25) is 0 Å². The van der Waals surface area contributed by atoms with Gasteiger partial charge in [-0.3, -0.25) is 0 Å². The van der Waals surface area contributed by atoms with Gasteiger partial charge in [0.05, 0.1) is 6.20 Å². The quantitative estimate of drug-likeness (QED) is 0.623. The second-order valence-corrected chi connectivity index (χ2v) is 4.40. The number of hydrogen-bond donors (Lipinski definition) is 0. The van der Waals surface area contributed by atoms with E-state index >= 15 is 0 Å². The smallest absolute Gasteiger partial charge is 0.157 e. The van der Waals surface area contributed by atoms with Crippen LogP contribution in [0.5, 0.6) is 0 Å². The first-order valence-electron chi connectivity index (χ1n) is 3.78. The third-order valence-electron chi connectivity index (χ3n) is 1.42. The van der Waals surface area contributed by atoms with Crippen LogP contribution >= 0.6 is 11.8 Å². The van der Waals surface area contributed by atoms with Gasteiger partial charge in [-0.25, -0.2) is 4.98 Å². The van der Waals surface area contributed by atoms with Crippen LogP contribution in [-0.2, 0) is 5.41 Å². The van der Waals surface area contributed by atoms with E-state index in [1.54, 1.807) is 18.0 Å². The van der Waals surface area contributed by atoms with E-state index in [4.69, 9.17) is 0 Å². The van der Waals surface area contributed by atoms with E-state index in [9.17, 15) is 0 Å². The number of nitrogens with zero attached hydrogens (tertiary/aromatic N) is 3. The Morgan fingerprint density at radius 3 is 2.50 bits per heavy atom. The average Bonchev–Trinajstić information content (AvgIpc) is 2.03. The minimum Gasteiger partial charge on any atom is -0.222 e. The van der Waals surface area contributed by atoms with Crippen LogP contribution in [-0.4, -0.2) is 21.4 Å². The van der Waals surface area contributed by atoms with Gasteiger partial charge >= 0.3 is 0 Å². The molecule has 1 heterocycles. The zero-order chi connectivity index (χ0) is 9.19. The molecule has 0 fully saturated rings. The van der Waals surface area contributed by atoms with E-state index in [2.05, 4.69) is 36.0 Å². The van der Waals surface area contributed by atoms with Gasteiger partial charge in [0.15, 0.2) is 5.82 Å². The third-order valence-corrected chi connectivity index (χ3v) is 2.03. The van der Waals surface area contributed by atoms with E-state index in [0.29, 0.717) is 0 Å². The summed E-state index contributed by atoms with van der Waals surface area (Å²) in [4.78, 5) is 4.35. The predicted octanol–water partition coefficient (Wildman–Crippen LogP) is 1.89. The first kappa shape index (κ1) is 9.45. The Morgan fingerprint density at radius 2 is 2.00 bits per heavy atom. The Morgan fingerprint density at radius 1 is 1.33 bits per heavy atom. The summed E-state index contributed by atoms with van der Waals surface area (Å²) in [6, 6.07) is 0. The van der Waals surface area contributed by atoms with Gasteiger partial charge in [-0.05, 0) is 6.26 Å². The number of thioether (sulfide) groups is 1. The molecule has 3 nitrogen and oxygen atoms in total. The zero-order valence-corrected chi connectivity index (χ0v) is 8.64. The van der Waals surface area contributed by atoms with Gasteiger partial charge in [-0.2, -0.15) is 5.10 Å². The summed E-state index contributed by atoms with van der Waals surface area (Å²) in [6.07, 6.45) is 3.66. The fraction of sp³-hybridized carbons (Fsp3) is 0.625. The highest BCUT2D eigenvalue weighted by molar-refractivity contribution is 7.98. The molecule has 0 amide bonds. The van der Waals surface area contributed by atoms with Crippen LogP contribution in [0.4, 0.5) is 0 Å².